The molecule has 0 spiro atoms. The summed E-state index contributed by atoms with van der Waals surface area (Å²) in [5, 5.41) is 2.89. The molecular formula is C22H25N3O. The largest absolute Gasteiger partial charge is 0.352 e. The number of nitrogens with one attached hydrogen (secondary N) is 1. The van der Waals surface area contributed by atoms with E-state index in [9.17, 15) is 4.79 Å². The number of carbonyl (C=O) groups is 1. The summed E-state index contributed by atoms with van der Waals surface area (Å²) in [5.41, 5.74) is 4.05. The number of nitrogens with zero attached hydrogens (tertiary/aromatic N) is 2. The minimum Gasteiger partial charge on any atom is -0.352 e. The smallest absolute Gasteiger partial charge is 0.246 e. The molecule has 3 aromatic rings. The van der Waals surface area contributed by atoms with E-state index in [4.69, 9.17) is 4.98 Å². The molecule has 1 heterocycles. The van der Waals surface area contributed by atoms with Crippen molar-refractivity contribution in [3.63, 3.8) is 0 Å². The van der Waals surface area contributed by atoms with Crippen molar-refractivity contribution < 1.29 is 4.79 Å². The van der Waals surface area contributed by atoms with Crippen LogP contribution >= 0.6 is 0 Å². The van der Waals surface area contributed by atoms with Gasteiger partial charge in [0.25, 0.3) is 0 Å². The van der Waals surface area contributed by atoms with Crippen LogP contribution in [-0.2, 0) is 24.2 Å². The number of carbonyl (C=O) groups excluding carboxylic acids is 1. The third-order valence-corrected chi connectivity index (χ3v) is 4.45. The molecule has 26 heavy (non-hydrogen) atoms. The Morgan fingerprint density at radius 2 is 1.81 bits per heavy atom. The van der Waals surface area contributed by atoms with Crippen LogP contribution in [0.5, 0.6) is 0 Å². The van der Waals surface area contributed by atoms with Crippen LogP contribution in [0.3, 0.4) is 0 Å². The van der Waals surface area contributed by atoms with Crippen molar-refractivity contribution >= 4 is 16.9 Å². The molecule has 4 nitrogen and oxygen atoms in total. The van der Waals surface area contributed by atoms with Crippen LogP contribution in [0.1, 0.15) is 24.7 Å². The average Bonchev–Trinajstić information content (AvgIpc) is 3.00. The SMILES string of the molecule is C=C(C)C(=O)NCCc1nc2ccccc2n1CCCc1ccccc1. The quantitative estimate of drug-likeness (QED) is 0.628. The highest BCUT2D eigenvalue weighted by molar-refractivity contribution is 5.92. The lowest BCUT2D eigenvalue weighted by molar-refractivity contribution is -0.117. The highest BCUT2D eigenvalue weighted by Gasteiger charge is 2.11. The summed E-state index contributed by atoms with van der Waals surface area (Å²) in [6.07, 6.45) is 2.80. The Hall–Kier alpha value is -2.88. The second kappa shape index (κ2) is 8.48. The highest BCUT2D eigenvalue weighted by Crippen LogP contribution is 2.17. The van der Waals surface area contributed by atoms with Gasteiger partial charge in [-0.3, -0.25) is 4.79 Å². The molecule has 134 valence electrons. The standard InChI is InChI=1S/C22H25N3O/c1-17(2)22(26)23-15-14-21-24-19-12-6-7-13-20(19)25(21)16-8-11-18-9-4-3-5-10-18/h3-7,9-10,12-13H,1,8,11,14-16H2,2H3,(H,23,26). The molecular weight excluding hydrogens is 322 g/mol. The number of rotatable bonds is 8. The lowest BCUT2D eigenvalue weighted by Gasteiger charge is -2.10. The molecule has 0 unspecified atom stereocenters. The second-order valence-electron chi connectivity index (χ2n) is 6.54. The third kappa shape index (κ3) is 4.39. The third-order valence-electron chi connectivity index (χ3n) is 4.45. The molecule has 1 N–H and O–H groups in total. The number of hydrogen-bond donors (Lipinski definition) is 1. The first-order valence-electron chi connectivity index (χ1n) is 9.07. The fraction of sp³-hybridized carbons (Fsp3) is 0.273. The molecule has 0 aliphatic carbocycles. The molecule has 4 heteroatoms. The van der Waals surface area contributed by atoms with Crippen molar-refractivity contribution in [1.29, 1.82) is 0 Å². The number of amides is 1. The van der Waals surface area contributed by atoms with Gasteiger partial charge in [0.05, 0.1) is 11.0 Å². The summed E-state index contributed by atoms with van der Waals surface area (Å²) in [7, 11) is 0. The Bertz CT molecular complexity index is 896. The Kier molecular flexibility index (Phi) is 5.84. The van der Waals surface area contributed by atoms with Crippen LogP contribution in [0.2, 0.25) is 0 Å². The predicted octanol–water partition coefficient (Wildman–Crippen LogP) is 3.90. The van der Waals surface area contributed by atoms with E-state index in [-0.39, 0.29) is 5.91 Å². The van der Waals surface area contributed by atoms with Crippen LogP contribution in [0.15, 0.2) is 66.7 Å². The summed E-state index contributed by atoms with van der Waals surface area (Å²) >= 11 is 0. The van der Waals surface area contributed by atoms with E-state index in [1.807, 2.05) is 24.3 Å². The summed E-state index contributed by atoms with van der Waals surface area (Å²) in [6.45, 7) is 6.86. The van der Waals surface area contributed by atoms with Gasteiger partial charge >= 0.3 is 0 Å². The highest BCUT2D eigenvalue weighted by atomic mass is 16.1. The minimum atomic E-state index is -0.100. The topological polar surface area (TPSA) is 46.9 Å². The number of aromatic nitrogens is 2. The second-order valence-corrected chi connectivity index (χ2v) is 6.54. The molecule has 0 aliphatic rings. The first kappa shape index (κ1) is 17.9. The van der Waals surface area contributed by atoms with Crippen LogP contribution in [-0.4, -0.2) is 22.0 Å². The van der Waals surface area contributed by atoms with E-state index in [0.29, 0.717) is 18.5 Å². The maximum atomic E-state index is 11.7. The van der Waals surface area contributed by atoms with Crippen LogP contribution in [0, 0.1) is 0 Å². The maximum Gasteiger partial charge on any atom is 0.246 e. The summed E-state index contributed by atoms with van der Waals surface area (Å²) in [5.74, 6) is 0.915. The van der Waals surface area contributed by atoms with Gasteiger partial charge in [-0.25, -0.2) is 4.98 Å². The van der Waals surface area contributed by atoms with E-state index in [1.165, 1.54) is 5.56 Å². The molecule has 0 bridgehead atoms. The number of hydrogen-bond acceptors (Lipinski definition) is 2. The summed E-state index contributed by atoms with van der Waals surface area (Å²) < 4.78 is 2.28. The molecule has 0 saturated heterocycles. The van der Waals surface area contributed by atoms with Crippen LogP contribution < -0.4 is 5.32 Å². The van der Waals surface area contributed by atoms with Crippen molar-refractivity contribution in [3.8, 4) is 0 Å². The first-order valence-corrected chi connectivity index (χ1v) is 9.07. The molecule has 0 radical (unpaired) electrons. The van der Waals surface area contributed by atoms with Crippen molar-refractivity contribution in [2.24, 2.45) is 0 Å². The fourth-order valence-corrected chi connectivity index (χ4v) is 3.09. The number of benzene rings is 2. The van der Waals surface area contributed by atoms with Gasteiger partial charge in [-0.15, -0.1) is 0 Å². The lowest BCUT2D eigenvalue weighted by Crippen LogP contribution is -2.26. The molecule has 3 rings (SSSR count). The minimum absolute atomic E-state index is 0.100. The Labute approximate surface area is 154 Å². The molecule has 0 aliphatic heterocycles. The van der Waals surface area contributed by atoms with Gasteiger partial charge in [0.15, 0.2) is 0 Å². The Morgan fingerprint density at radius 1 is 1.08 bits per heavy atom. The zero-order valence-corrected chi connectivity index (χ0v) is 15.2. The molecule has 1 aromatic heterocycles. The van der Waals surface area contributed by atoms with E-state index in [0.717, 1.165) is 36.2 Å². The van der Waals surface area contributed by atoms with Crippen LogP contribution in [0.4, 0.5) is 0 Å². The van der Waals surface area contributed by atoms with Gasteiger partial charge < -0.3 is 9.88 Å². The van der Waals surface area contributed by atoms with Gasteiger partial charge in [0.1, 0.15) is 5.82 Å². The zero-order chi connectivity index (χ0) is 18.4. The summed E-state index contributed by atoms with van der Waals surface area (Å²) in [6, 6.07) is 18.8. The number of imidazole rings is 1. The molecule has 0 atom stereocenters. The Balaban J connectivity index is 1.70. The Morgan fingerprint density at radius 3 is 2.58 bits per heavy atom. The monoisotopic (exact) mass is 347 g/mol. The van der Waals surface area contributed by atoms with Crippen molar-refractivity contribution in [2.45, 2.75) is 32.7 Å². The van der Waals surface area contributed by atoms with E-state index >= 15 is 0 Å². The van der Waals surface area contributed by atoms with E-state index in [1.54, 1.807) is 6.92 Å². The van der Waals surface area contributed by atoms with Gasteiger partial charge in [-0.2, -0.15) is 0 Å². The predicted molar refractivity (Wildman–Crippen MR) is 106 cm³/mol. The van der Waals surface area contributed by atoms with Gasteiger partial charge in [0.2, 0.25) is 5.91 Å². The molecule has 0 fully saturated rings. The number of aryl methyl sites for hydroxylation is 2. The lowest BCUT2D eigenvalue weighted by atomic mass is 10.1. The normalized spacial score (nSPS) is 10.8. The van der Waals surface area contributed by atoms with E-state index < -0.39 is 0 Å². The average molecular weight is 347 g/mol. The van der Waals surface area contributed by atoms with Gasteiger partial charge in [-0.1, -0.05) is 49.0 Å². The van der Waals surface area contributed by atoms with Gasteiger partial charge in [0, 0.05) is 25.1 Å². The fourth-order valence-electron chi connectivity index (χ4n) is 3.09. The molecule has 0 saturated carbocycles. The maximum absolute atomic E-state index is 11.7. The first-order chi connectivity index (χ1) is 12.6. The molecule has 1 amide bonds. The van der Waals surface area contributed by atoms with Crippen molar-refractivity contribution in [1.82, 2.24) is 14.9 Å². The summed E-state index contributed by atoms with van der Waals surface area (Å²) in [4.78, 5) is 16.5. The zero-order valence-electron chi connectivity index (χ0n) is 15.2. The van der Waals surface area contributed by atoms with Crippen LogP contribution in [0.25, 0.3) is 11.0 Å². The number of para-hydroxylation sites is 2. The van der Waals surface area contributed by atoms with Crippen molar-refractivity contribution in [3.05, 3.63) is 78.1 Å². The van der Waals surface area contributed by atoms with Crippen molar-refractivity contribution in [2.75, 3.05) is 6.54 Å². The van der Waals surface area contributed by atoms with Gasteiger partial charge in [-0.05, 0) is 37.5 Å². The molecule has 2 aromatic carbocycles. The number of fused-ring (bicyclic) bond motifs is 1. The van der Waals surface area contributed by atoms with E-state index in [2.05, 4.69) is 46.8 Å².